The number of carbonyl (C=O) groups excluding carboxylic acids is 1. The van der Waals surface area contributed by atoms with Gasteiger partial charge in [-0.05, 0) is 64.8 Å². The molecule has 0 bridgehead atoms. The smallest absolute Gasteiger partial charge is 0.410 e. The highest BCUT2D eigenvalue weighted by Gasteiger charge is 2.42. The Kier molecular flexibility index (Phi) is 8.76. The number of morpholine rings is 1. The molecule has 5 heterocycles. The first-order chi connectivity index (χ1) is 21.8. The van der Waals surface area contributed by atoms with Gasteiger partial charge in [-0.3, -0.25) is 0 Å². The summed E-state index contributed by atoms with van der Waals surface area (Å²) in [4.78, 5) is 26.5. The summed E-state index contributed by atoms with van der Waals surface area (Å²) in [5, 5.41) is 9.24. The molecule has 1 aromatic carbocycles. The van der Waals surface area contributed by atoms with Gasteiger partial charge in [0.15, 0.2) is 11.4 Å². The highest BCUT2D eigenvalue weighted by Crippen LogP contribution is 2.35. The maximum atomic E-state index is 12.8. The molecule has 2 saturated heterocycles. The molecule has 248 valence electrons. The Morgan fingerprint density at radius 1 is 1.11 bits per heavy atom. The number of furan rings is 1. The third-order valence-corrected chi connectivity index (χ3v) is 10.3. The summed E-state index contributed by atoms with van der Waals surface area (Å²) in [6.45, 7) is 18.9. The van der Waals surface area contributed by atoms with Gasteiger partial charge in [-0.25, -0.2) is 14.5 Å². The highest BCUT2D eigenvalue weighted by atomic mass is 28.3. The molecule has 2 aliphatic rings. The summed E-state index contributed by atoms with van der Waals surface area (Å²) in [6, 6.07) is 9.15. The van der Waals surface area contributed by atoms with Gasteiger partial charge >= 0.3 is 6.09 Å². The van der Waals surface area contributed by atoms with Gasteiger partial charge in [0.25, 0.3) is 0 Å². The molecule has 6 rings (SSSR count). The number of fused-ring (bicyclic) bond motifs is 2. The number of nitrogens with one attached hydrogen (secondary N) is 1. The third-order valence-electron chi connectivity index (χ3n) is 8.56. The lowest BCUT2D eigenvalue weighted by Crippen LogP contribution is -2.58. The second-order valence-corrected chi connectivity index (χ2v) is 20.3. The van der Waals surface area contributed by atoms with Crippen LogP contribution in [-0.4, -0.2) is 89.4 Å². The lowest BCUT2D eigenvalue weighted by molar-refractivity contribution is -0.119. The van der Waals surface area contributed by atoms with E-state index in [1.807, 2.05) is 44.5 Å². The number of aryl methyl sites for hydroxylation is 1. The molecule has 0 aliphatic carbocycles. The molecular weight excluding hydrogens is 602 g/mol. The number of anilines is 3. The number of hydrogen-bond acceptors (Lipinski definition) is 10. The minimum absolute atomic E-state index is 0.285. The standard InChI is InChI=1S/C33H47N7O5Si/c1-23-25-9-8-24(20-27(25)40(37-23)22-42-18-19-46(5,6)7)34-30-35-26-10-16-43-28(26)29(36-30)38-13-11-33(12-14-38)21-39(15-17-44-33)31(41)45-32(2,3)4/h8-10,16,20H,11-15,17-19,21-22H2,1-7H3,(H,34,35,36). The molecule has 0 atom stereocenters. The van der Waals surface area contributed by atoms with E-state index in [1.54, 1.807) is 11.2 Å². The predicted molar refractivity (Wildman–Crippen MR) is 182 cm³/mol. The van der Waals surface area contributed by atoms with E-state index in [9.17, 15) is 4.79 Å². The number of benzene rings is 1. The Balaban J connectivity index is 1.17. The lowest BCUT2D eigenvalue weighted by atomic mass is 9.89. The number of aromatic nitrogens is 4. The Morgan fingerprint density at radius 3 is 2.63 bits per heavy atom. The molecule has 0 saturated carbocycles. The topological polar surface area (TPSA) is 120 Å². The molecular formula is C33H47N7O5Si. The van der Waals surface area contributed by atoms with Crippen molar-refractivity contribution < 1.29 is 23.4 Å². The van der Waals surface area contributed by atoms with Crippen molar-refractivity contribution in [3.63, 3.8) is 0 Å². The van der Waals surface area contributed by atoms with E-state index < -0.39 is 19.3 Å². The van der Waals surface area contributed by atoms with Gasteiger partial charge in [-0.1, -0.05) is 19.6 Å². The van der Waals surface area contributed by atoms with E-state index in [0.717, 1.165) is 59.1 Å². The van der Waals surface area contributed by atoms with Gasteiger partial charge in [0.2, 0.25) is 5.95 Å². The minimum atomic E-state index is -1.17. The van der Waals surface area contributed by atoms with Crippen LogP contribution in [0.3, 0.4) is 0 Å². The molecule has 4 aromatic rings. The summed E-state index contributed by atoms with van der Waals surface area (Å²) < 4.78 is 25.8. The van der Waals surface area contributed by atoms with E-state index >= 15 is 0 Å². The van der Waals surface area contributed by atoms with Crippen molar-refractivity contribution in [1.29, 1.82) is 0 Å². The van der Waals surface area contributed by atoms with Crippen LogP contribution in [0.1, 0.15) is 39.3 Å². The second-order valence-electron chi connectivity index (χ2n) is 14.7. The number of nitrogens with zero attached hydrogens (tertiary/aromatic N) is 6. The van der Waals surface area contributed by atoms with Crippen LogP contribution in [0, 0.1) is 6.92 Å². The van der Waals surface area contributed by atoms with Gasteiger partial charge < -0.3 is 33.7 Å². The van der Waals surface area contributed by atoms with Gasteiger partial charge in [-0.15, -0.1) is 0 Å². The van der Waals surface area contributed by atoms with E-state index in [-0.39, 0.29) is 6.09 Å². The second kappa shape index (κ2) is 12.5. The number of carbonyl (C=O) groups is 1. The zero-order valence-electron chi connectivity index (χ0n) is 28.2. The van der Waals surface area contributed by atoms with E-state index in [0.29, 0.717) is 51.0 Å². The number of ether oxygens (including phenoxy) is 3. The predicted octanol–water partition coefficient (Wildman–Crippen LogP) is 6.54. The van der Waals surface area contributed by atoms with Crippen LogP contribution in [0.15, 0.2) is 34.9 Å². The maximum absolute atomic E-state index is 12.8. The number of piperidine rings is 1. The first-order valence-electron chi connectivity index (χ1n) is 16.2. The van der Waals surface area contributed by atoms with Gasteiger partial charge in [0, 0.05) is 51.5 Å². The average Bonchev–Trinajstić information content (AvgIpc) is 3.58. The first kappa shape index (κ1) is 32.3. The van der Waals surface area contributed by atoms with Crippen LogP contribution in [-0.2, 0) is 20.9 Å². The fraction of sp³-hybridized carbons (Fsp3) is 0.576. The Morgan fingerprint density at radius 2 is 1.89 bits per heavy atom. The normalized spacial score (nSPS) is 17.3. The van der Waals surface area contributed by atoms with Crippen LogP contribution in [0.5, 0.6) is 0 Å². The van der Waals surface area contributed by atoms with Crippen molar-refractivity contribution in [2.24, 2.45) is 0 Å². The molecule has 13 heteroatoms. The fourth-order valence-corrected chi connectivity index (χ4v) is 6.81. The zero-order valence-corrected chi connectivity index (χ0v) is 29.2. The van der Waals surface area contributed by atoms with Crippen molar-refractivity contribution in [3.8, 4) is 0 Å². The Bertz CT molecular complexity index is 1700. The SMILES string of the molecule is Cc1nn(COCC[Si](C)(C)C)c2cc(Nc3nc(N4CCC5(CC4)CN(C(=O)OC(C)(C)C)CCO5)c4occc4n3)ccc12. The van der Waals surface area contributed by atoms with Crippen molar-refractivity contribution in [2.75, 3.05) is 49.6 Å². The Hall–Kier alpha value is -3.68. The summed E-state index contributed by atoms with van der Waals surface area (Å²) in [5.41, 5.74) is 3.27. The molecule has 0 radical (unpaired) electrons. The summed E-state index contributed by atoms with van der Waals surface area (Å²) in [7, 11) is -1.17. The van der Waals surface area contributed by atoms with Crippen LogP contribution in [0.25, 0.3) is 22.0 Å². The van der Waals surface area contributed by atoms with Crippen molar-refractivity contribution in [2.45, 2.75) is 84.2 Å². The van der Waals surface area contributed by atoms with Crippen LogP contribution in [0.2, 0.25) is 25.7 Å². The molecule has 46 heavy (non-hydrogen) atoms. The quantitative estimate of drug-likeness (QED) is 0.166. The van der Waals surface area contributed by atoms with Crippen LogP contribution < -0.4 is 10.2 Å². The van der Waals surface area contributed by atoms with Crippen molar-refractivity contribution >= 4 is 53.6 Å². The van der Waals surface area contributed by atoms with E-state index in [2.05, 4.69) is 42.0 Å². The van der Waals surface area contributed by atoms with Crippen molar-refractivity contribution in [3.05, 3.63) is 36.2 Å². The molecule has 1 N–H and O–H groups in total. The van der Waals surface area contributed by atoms with Crippen LogP contribution in [0.4, 0.5) is 22.2 Å². The van der Waals surface area contributed by atoms with E-state index in [1.165, 1.54) is 0 Å². The molecule has 1 spiro atoms. The molecule has 0 unspecified atom stereocenters. The zero-order chi connectivity index (χ0) is 32.7. The number of hydrogen-bond donors (Lipinski definition) is 1. The van der Waals surface area contributed by atoms with Gasteiger partial charge in [0.1, 0.15) is 17.8 Å². The summed E-state index contributed by atoms with van der Waals surface area (Å²) in [5.74, 6) is 1.23. The average molecular weight is 650 g/mol. The molecule has 2 aliphatic heterocycles. The van der Waals surface area contributed by atoms with Gasteiger partial charge in [0.05, 0.1) is 36.2 Å². The number of amides is 1. The lowest BCUT2D eigenvalue weighted by Gasteiger charge is -2.47. The van der Waals surface area contributed by atoms with Crippen LogP contribution >= 0.6 is 0 Å². The number of rotatable bonds is 8. The summed E-state index contributed by atoms with van der Waals surface area (Å²) in [6.07, 6.45) is 2.87. The first-order valence-corrected chi connectivity index (χ1v) is 19.9. The van der Waals surface area contributed by atoms with E-state index in [4.69, 9.17) is 33.7 Å². The molecule has 2 fully saturated rings. The highest BCUT2D eigenvalue weighted by molar-refractivity contribution is 6.76. The monoisotopic (exact) mass is 649 g/mol. The Labute approximate surface area is 271 Å². The summed E-state index contributed by atoms with van der Waals surface area (Å²) >= 11 is 0. The largest absolute Gasteiger partial charge is 0.459 e. The minimum Gasteiger partial charge on any atom is -0.459 e. The molecule has 12 nitrogen and oxygen atoms in total. The van der Waals surface area contributed by atoms with Crippen molar-refractivity contribution in [1.82, 2.24) is 24.6 Å². The fourth-order valence-electron chi connectivity index (χ4n) is 6.05. The van der Waals surface area contributed by atoms with Gasteiger partial charge in [-0.2, -0.15) is 10.1 Å². The molecule has 1 amide bonds. The maximum Gasteiger partial charge on any atom is 0.410 e. The third kappa shape index (κ3) is 7.31. The molecule has 3 aromatic heterocycles.